The molecule has 2 aliphatic heterocycles. The van der Waals surface area contributed by atoms with Crippen LogP contribution in [0.2, 0.25) is 0 Å². The Hall–Kier alpha value is -2.29. The number of carbonyl (C=O) groups is 1. The molecule has 0 radical (unpaired) electrons. The van der Waals surface area contributed by atoms with Crippen molar-refractivity contribution in [1.82, 2.24) is 14.8 Å². The minimum atomic E-state index is -4.60. The quantitative estimate of drug-likeness (QED) is 0.617. The minimum Gasteiger partial charge on any atom is -0.375 e. The Bertz CT molecular complexity index is 972. The molecule has 0 amide bonds. The Kier molecular flexibility index (Phi) is 6.62. The molecule has 1 aromatic carbocycles. The first-order chi connectivity index (χ1) is 15.6. The van der Waals surface area contributed by atoms with Gasteiger partial charge in [-0.15, -0.1) is 0 Å². The fourth-order valence-corrected chi connectivity index (χ4v) is 5.08. The van der Waals surface area contributed by atoms with Gasteiger partial charge < -0.3 is 4.74 Å². The summed E-state index contributed by atoms with van der Waals surface area (Å²) in [7, 11) is 0. The summed E-state index contributed by atoms with van der Waals surface area (Å²) < 4.78 is 45.7. The SMILES string of the molecule is CC1(C)CC(C(=O)c2cccc(C(F)(F)F)n2)(N2CCN(Cc3ccccc3)CC2)CCO1. The number of rotatable bonds is 5. The van der Waals surface area contributed by atoms with Crippen molar-refractivity contribution in [1.29, 1.82) is 0 Å². The van der Waals surface area contributed by atoms with Crippen molar-refractivity contribution in [2.45, 2.75) is 50.6 Å². The van der Waals surface area contributed by atoms with Crippen LogP contribution in [-0.4, -0.2) is 64.5 Å². The molecule has 0 bridgehead atoms. The Balaban J connectivity index is 1.58. The number of Topliss-reactive ketones (excluding diaryl/α,β-unsaturated/α-hetero) is 1. The highest BCUT2D eigenvalue weighted by atomic mass is 19.4. The third-order valence-electron chi connectivity index (χ3n) is 6.65. The largest absolute Gasteiger partial charge is 0.433 e. The predicted octanol–water partition coefficient (Wildman–Crippen LogP) is 4.43. The van der Waals surface area contributed by atoms with Crippen LogP contribution >= 0.6 is 0 Å². The molecule has 2 saturated heterocycles. The van der Waals surface area contributed by atoms with Crippen molar-refractivity contribution >= 4 is 5.78 Å². The molecular formula is C25H30F3N3O2. The monoisotopic (exact) mass is 461 g/mol. The highest BCUT2D eigenvalue weighted by molar-refractivity contribution is 6.02. The number of halogens is 3. The van der Waals surface area contributed by atoms with Gasteiger partial charge >= 0.3 is 6.18 Å². The number of alkyl halides is 3. The number of hydrogen-bond acceptors (Lipinski definition) is 5. The van der Waals surface area contributed by atoms with E-state index in [-0.39, 0.29) is 11.5 Å². The van der Waals surface area contributed by atoms with Crippen LogP contribution in [0, 0.1) is 0 Å². The number of hydrogen-bond donors (Lipinski definition) is 0. The number of pyridine rings is 1. The van der Waals surface area contributed by atoms with Crippen molar-refractivity contribution in [3.8, 4) is 0 Å². The summed E-state index contributed by atoms with van der Waals surface area (Å²) in [4.78, 5) is 22.0. The molecule has 0 N–H and O–H groups in total. The van der Waals surface area contributed by atoms with Crippen molar-refractivity contribution in [2.75, 3.05) is 32.8 Å². The van der Waals surface area contributed by atoms with Crippen LogP contribution in [0.3, 0.4) is 0 Å². The van der Waals surface area contributed by atoms with Gasteiger partial charge in [0.15, 0.2) is 0 Å². The molecule has 2 aliphatic rings. The first kappa shape index (κ1) is 23.9. The van der Waals surface area contributed by atoms with Gasteiger partial charge in [0, 0.05) is 45.8 Å². The summed E-state index contributed by atoms with van der Waals surface area (Å²) >= 11 is 0. The van der Waals surface area contributed by atoms with Crippen LogP contribution in [0.5, 0.6) is 0 Å². The number of piperazine rings is 1. The molecule has 2 fully saturated rings. The fraction of sp³-hybridized carbons (Fsp3) is 0.520. The Morgan fingerprint density at radius 3 is 2.36 bits per heavy atom. The van der Waals surface area contributed by atoms with Gasteiger partial charge in [-0.05, 0) is 38.0 Å². The molecule has 0 spiro atoms. The number of benzene rings is 1. The van der Waals surface area contributed by atoms with Crippen molar-refractivity contribution in [3.05, 3.63) is 65.5 Å². The molecule has 0 aliphatic carbocycles. The standard InChI is InChI=1S/C25H30F3N3O2/c1-23(2)18-24(11-16-33-23,22(32)20-9-6-10-21(29-20)25(26,27)28)31-14-12-30(13-15-31)17-19-7-4-3-5-8-19/h3-10H,11-18H2,1-2H3. The van der Waals surface area contributed by atoms with Crippen LogP contribution in [0.15, 0.2) is 48.5 Å². The number of nitrogens with zero attached hydrogens (tertiary/aromatic N) is 3. The van der Waals surface area contributed by atoms with E-state index in [0.29, 0.717) is 32.5 Å². The van der Waals surface area contributed by atoms with E-state index in [1.165, 1.54) is 17.7 Å². The number of aromatic nitrogens is 1. The fourth-order valence-electron chi connectivity index (χ4n) is 5.08. The zero-order chi connectivity index (χ0) is 23.7. The normalized spacial score (nSPS) is 24.5. The average Bonchev–Trinajstić information content (AvgIpc) is 2.78. The average molecular weight is 462 g/mol. The Morgan fingerprint density at radius 2 is 1.73 bits per heavy atom. The number of ether oxygens (including phenoxy) is 1. The predicted molar refractivity (Wildman–Crippen MR) is 119 cm³/mol. The van der Waals surface area contributed by atoms with Gasteiger partial charge in [-0.25, -0.2) is 4.98 Å². The summed E-state index contributed by atoms with van der Waals surface area (Å²) in [5.74, 6) is -0.346. The van der Waals surface area contributed by atoms with E-state index in [2.05, 4.69) is 26.9 Å². The third kappa shape index (κ3) is 5.28. The molecule has 33 heavy (non-hydrogen) atoms. The molecule has 4 rings (SSSR count). The van der Waals surface area contributed by atoms with E-state index in [4.69, 9.17) is 4.74 Å². The smallest absolute Gasteiger partial charge is 0.375 e. The number of ketones is 1. The van der Waals surface area contributed by atoms with Gasteiger partial charge in [-0.2, -0.15) is 13.2 Å². The molecule has 2 aromatic rings. The summed E-state index contributed by atoms with van der Waals surface area (Å²) in [6, 6.07) is 13.8. The molecule has 3 heterocycles. The molecule has 5 nitrogen and oxygen atoms in total. The number of carbonyl (C=O) groups excluding carboxylic acids is 1. The minimum absolute atomic E-state index is 0.130. The summed E-state index contributed by atoms with van der Waals surface area (Å²) in [5, 5.41) is 0. The second-order valence-corrected chi connectivity index (χ2v) is 9.55. The molecular weight excluding hydrogens is 431 g/mol. The highest BCUT2D eigenvalue weighted by Gasteiger charge is 2.51. The zero-order valence-corrected chi connectivity index (χ0v) is 19.1. The first-order valence-corrected chi connectivity index (χ1v) is 11.3. The van der Waals surface area contributed by atoms with Gasteiger partial charge in [-0.3, -0.25) is 14.6 Å². The maximum atomic E-state index is 13.8. The second kappa shape index (κ2) is 9.16. The van der Waals surface area contributed by atoms with Gasteiger partial charge in [0.2, 0.25) is 5.78 Å². The van der Waals surface area contributed by atoms with E-state index >= 15 is 0 Å². The molecule has 1 atom stereocenters. The van der Waals surface area contributed by atoms with Crippen LogP contribution in [0.25, 0.3) is 0 Å². The first-order valence-electron chi connectivity index (χ1n) is 11.3. The maximum Gasteiger partial charge on any atom is 0.433 e. The molecule has 0 saturated carbocycles. The van der Waals surface area contributed by atoms with Crippen molar-refractivity contribution in [2.24, 2.45) is 0 Å². The van der Waals surface area contributed by atoms with Gasteiger partial charge in [0.25, 0.3) is 0 Å². The van der Waals surface area contributed by atoms with Crippen LogP contribution < -0.4 is 0 Å². The van der Waals surface area contributed by atoms with E-state index in [9.17, 15) is 18.0 Å². The Morgan fingerprint density at radius 1 is 1.03 bits per heavy atom. The van der Waals surface area contributed by atoms with Crippen molar-refractivity contribution in [3.63, 3.8) is 0 Å². The Labute approximate surface area is 192 Å². The maximum absolute atomic E-state index is 13.8. The topological polar surface area (TPSA) is 45.7 Å². The highest BCUT2D eigenvalue weighted by Crippen LogP contribution is 2.40. The lowest BCUT2D eigenvalue weighted by molar-refractivity contribution is -0.141. The van der Waals surface area contributed by atoms with E-state index in [0.717, 1.165) is 25.7 Å². The van der Waals surface area contributed by atoms with Crippen LogP contribution in [0.4, 0.5) is 13.2 Å². The van der Waals surface area contributed by atoms with Gasteiger partial charge in [-0.1, -0.05) is 36.4 Å². The van der Waals surface area contributed by atoms with E-state index in [1.54, 1.807) is 0 Å². The van der Waals surface area contributed by atoms with E-state index < -0.39 is 23.0 Å². The van der Waals surface area contributed by atoms with E-state index in [1.807, 2.05) is 32.0 Å². The van der Waals surface area contributed by atoms with Gasteiger partial charge in [0.05, 0.1) is 11.1 Å². The van der Waals surface area contributed by atoms with Gasteiger partial charge in [0.1, 0.15) is 11.4 Å². The third-order valence-corrected chi connectivity index (χ3v) is 6.65. The molecule has 1 unspecified atom stereocenters. The lowest BCUT2D eigenvalue weighted by Gasteiger charge is -2.52. The molecule has 178 valence electrons. The molecule has 8 heteroatoms. The molecule has 1 aromatic heterocycles. The van der Waals surface area contributed by atoms with Crippen molar-refractivity contribution < 1.29 is 22.7 Å². The lowest BCUT2D eigenvalue weighted by atomic mass is 9.75. The van der Waals surface area contributed by atoms with Crippen LogP contribution in [0.1, 0.15) is 48.4 Å². The summed E-state index contributed by atoms with van der Waals surface area (Å²) in [6.07, 6.45) is -3.75. The lowest BCUT2D eigenvalue weighted by Crippen LogP contribution is -2.65. The zero-order valence-electron chi connectivity index (χ0n) is 19.1. The summed E-state index contributed by atoms with van der Waals surface area (Å²) in [6.45, 7) is 7.95. The second-order valence-electron chi connectivity index (χ2n) is 9.55. The summed E-state index contributed by atoms with van der Waals surface area (Å²) in [5.41, 5.74) is -1.43. The van der Waals surface area contributed by atoms with Crippen LogP contribution in [-0.2, 0) is 17.5 Å².